The highest BCUT2D eigenvalue weighted by Crippen LogP contribution is 2.44. The van der Waals surface area contributed by atoms with Gasteiger partial charge in [0.25, 0.3) is 5.78 Å². The minimum absolute atomic E-state index is 0.0911. The SMILES string of the molecule is Cc1ccccc1COc1ccc(C(O)=C2C(=O)C(=O)N(c3nnc(SCc4ccccc4F)s3)C2c2ccc(Cl)cc2)cc1. The van der Waals surface area contributed by atoms with Crippen LogP contribution in [0.2, 0.25) is 5.02 Å². The molecule has 1 fully saturated rings. The van der Waals surface area contributed by atoms with E-state index < -0.39 is 17.7 Å². The minimum Gasteiger partial charge on any atom is -0.507 e. The number of rotatable bonds is 9. The van der Waals surface area contributed by atoms with Gasteiger partial charge < -0.3 is 9.84 Å². The molecule has 5 aromatic rings. The standard InChI is InChI=1S/C34H25ClFN3O4S2/c1-20-6-2-3-7-23(20)18-43-26-16-12-22(13-17-26)30(40)28-29(21-10-14-25(35)15-11-21)39(32(42)31(28)41)33-37-38-34(45-33)44-19-24-8-4-5-9-27(24)36/h2-17,29,40H,18-19H2,1H3. The Balaban J connectivity index is 1.30. The van der Waals surface area contributed by atoms with Crippen LogP contribution in [0.15, 0.2) is 107 Å². The lowest BCUT2D eigenvalue weighted by Gasteiger charge is -2.22. The fourth-order valence-electron chi connectivity index (χ4n) is 4.90. The summed E-state index contributed by atoms with van der Waals surface area (Å²) in [5.41, 5.74) is 3.48. The molecule has 1 atom stereocenters. The number of hydrogen-bond acceptors (Lipinski definition) is 8. The highest BCUT2D eigenvalue weighted by atomic mass is 35.5. The molecule has 0 radical (unpaired) electrons. The van der Waals surface area contributed by atoms with Crippen molar-refractivity contribution in [2.24, 2.45) is 0 Å². The molecule has 1 N–H and O–H groups in total. The van der Waals surface area contributed by atoms with E-state index in [2.05, 4.69) is 10.2 Å². The molecule has 2 heterocycles. The summed E-state index contributed by atoms with van der Waals surface area (Å²) in [6.45, 7) is 2.39. The Morgan fingerprint density at radius 3 is 2.36 bits per heavy atom. The maximum atomic E-state index is 14.1. The first kappa shape index (κ1) is 30.5. The summed E-state index contributed by atoms with van der Waals surface area (Å²) >= 11 is 8.51. The monoisotopic (exact) mass is 657 g/mol. The number of aryl methyl sites for hydroxylation is 1. The van der Waals surface area contributed by atoms with Crippen molar-refractivity contribution in [2.75, 3.05) is 4.90 Å². The van der Waals surface area contributed by atoms with Crippen LogP contribution < -0.4 is 9.64 Å². The summed E-state index contributed by atoms with van der Waals surface area (Å²) < 4.78 is 20.5. The van der Waals surface area contributed by atoms with Gasteiger partial charge in [-0.25, -0.2) is 4.39 Å². The predicted molar refractivity (Wildman–Crippen MR) is 174 cm³/mol. The first-order valence-electron chi connectivity index (χ1n) is 13.8. The third-order valence-electron chi connectivity index (χ3n) is 7.32. The number of carbonyl (C=O) groups is 2. The Morgan fingerprint density at radius 2 is 1.64 bits per heavy atom. The van der Waals surface area contributed by atoms with E-state index in [0.717, 1.165) is 22.5 Å². The van der Waals surface area contributed by atoms with Crippen LogP contribution in [0, 0.1) is 12.7 Å². The number of halogens is 2. The van der Waals surface area contributed by atoms with Crippen molar-refractivity contribution < 1.29 is 23.8 Å². The molecular weight excluding hydrogens is 633 g/mol. The summed E-state index contributed by atoms with van der Waals surface area (Å²) in [7, 11) is 0. The number of carbonyl (C=O) groups excluding carboxylic acids is 2. The topological polar surface area (TPSA) is 92.6 Å². The number of nitrogens with zero attached hydrogens (tertiary/aromatic N) is 3. The van der Waals surface area contributed by atoms with Gasteiger partial charge in [-0.1, -0.05) is 89.3 Å². The number of thioether (sulfide) groups is 1. The number of aliphatic hydroxyl groups excluding tert-OH is 1. The zero-order chi connectivity index (χ0) is 31.5. The van der Waals surface area contributed by atoms with Crippen LogP contribution in [0.4, 0.5) is 9.52 Å². The number of anilines is 1. The number of ketones is 1. The van der Waals surface area contributed by atoms with Gasteiger partial charge in [-0.3, -0.25) is 14.5 Å². The number of aliphatic hydroxyl groups is 1. The molecule has 0 bridgehead atoms. The minimum atomic E-state index is -0.989. The van der Waals surface area contributed by atoms with Gasteiger partial charge in [-0.05, 0) is 71.6 Å². The molecule has 6 rings (SSSR count). The Hall–Kier alpha value is -4.51. The molecule has 0 saturated carbocycles. The zero-order valence-corrected chi connectivity index (χ0v) is 26.2. The van der Waals surface area contributed by atoms with Crippen molar-refractivity contribution in [3.8, 4) is 5.75 Å². The number of hydrogen-bond donors (Lipinski definition) is 1. The molecule has 0 aliphatic carbocycles. The van der Waals surface area contributed by atoms with Crippen LogP contribution in [0.25, 0.3) is 5.76 Å². The van der Waals surface area contributed by atoms with Gasteiger partial charge in [0.1, 0.15) is 23.9 Å². The molecule has 1 unspecified atom stereocenters. The van der Waals surface area contributed by atoms with E-state index >= 15 is 0 Å². The van der Waals surface area contributed by atoms with Gasteiger partial charge in [0.15, 0.2) is 4.34 Å². The molecule has 11 heteroatoms. The fourth-order valence-corrected chi connectivity index (χ4v) is 6.88. The number of Topliss-reactive ketones (excluding diaryl/α,β-unsaturated/α-hetero) is 1. The lowest BCUT2D eigenvalue weighted by Crippen LogP contribution is -2.29. The van der Waals surface area contributed by atoms with E-state index in [1.165, 1.54) is 22.7 Å². The van der Waals surface area contributed by atoms with Crippen molar-refractivity contribution in [3.05, 3.63) is 141 Å². The van der Waals surface area contributed by atoms with Crippen LogP contribution in [0.5, 0.6) is 5.75 Å². The molecule has 1 aliphatic rings. The van der Waals surface area contributed by atoms with Crippen LogP contribution in [-0.4, -0.2) is 27.0 Å². The molecule has 1 aliphatic heterocycles. The molecule has 1 aromatic heterocycles. The van der Waals surface area contributed by atoms with E-state index in [9.17, 15) is 19.1 Å². The molecular formula is C34H25ClFN3O4S2. The van der Waals surface area contributed by atoms with Crippen molar-refractivity contribution in [3.63, 3.8) is 0 Å². The highest BCUT2D eigenvalue weighted by Gasteiger charge is 2.48. The first-order valence-corrected chi connectivity index (χ1v) is 16.0. The van der Waals surface area contributed by atoms with Crippen molar-refractivity contribution in [1.82, 2.24) is 10.2 Å². The third kappa shape index (κ3) is 6.49. The van der Waals surface area contributed by atoms with Gasteiger partial charge in [-0.2, -0.15) is 0 Å². The normalized spacial score (nSPS) is 15.9. The van der Waals surface area contributed by atoms with Gasteiger partial charge in [0.05, 0.1) is 11.6 Å². The average Bonchev–Trinajstić information content (AvgIpc) is 3.62. The summed E-state index contributed by atoms with van der Waals surface area (Å²) in [5, 5.41) is 20.5. The van der Waals surface area contributed by atoms with Gasteiger partial charge in [0, 0.05) is 16.3 Å². The van der Waals surface area contributed by atoms with Crippen LogP contribution in [0.1, 0.15) is 33.9 Å². The zero-order valence-electron chi connectivity index (χ0n) is 23.8. The Labute approximate surface area is 272 Å². The summed E-state index contributed by atoms with van der Waals surface area (Å²) in [6.07, 6.45) is 0. The molecule has 45 heavy (non-hydrogen) atoms. The number of amides is 1. The van der Waals surface area contributed by atoms with Gasteiger partial charge in [0.2, 0.25) is 5.13 Å². The van der Waals surface area contributed by atoms with E-state index in [-0.39, 0.29) is 22.3 Å². The molecule has 0 spiro atoms. The van der Waals surface area contributed by atoms with Gasteiger partial charge >= 0.3 is 5.91 Å². The van der Waals surface area contributed by atoms with Crippen LogP contribution >= 0.6 is 34.7 Å². The second-order valence-corrected chi connectivity index (χ2v) is 12.8. The van der Waals surface area contributed by atoms with Crippen LogP contribution in [0.3, 0.4) is 0 Å². The third-order valence-corrected chi connectivity index (χ3v) is 9.68. The molecule has 1 amide bonds. The van der Waals surface area contributed by atoms with E-state index in [1.807, 2.05) is 31.2 Å². The second kappa shape index (κ2) is 13.2. The predicted octanol–water partition coefficient (Wildman–Crippen LogP) is 8.14. The fraction of sp³-hybridized carbons (Fsp3) is 0.118. The smallest absolute Gasteiger partial charge is 0.301 e. The van der Waals surface area contributed by atoms with E-state index in [4.69, 9.17) is 16.3 Å². The second-order valence-electron chi connectivity index (χ2n) is 10.2. The summed E-state index contributed by atoms with van der Waals surface area (Å²) in [4.78, 5) is 28.3. The quantitative estimate of drug-likeness (QED) is 0.0562. The first-order chi connectivity index (χ1) is 21.8. The van der Waals surface area contributed by atoms with Crippen molar-refractivity contribution in [1.29, 1.82) is 0 Å². The number of ether oxygens (including phenoxy) is 1. The van der Waals surface area contributed by atoms with Crippen molar-refractivity contribution >= 4 is 57.3 Å². The Bertz CT molecular complexity index is 1910. The van der Waals surface area contributed by atoms with E-state index in [0.29, 0.717) is 44.2 Å². The van der Waals surface area contributed by atoms with Gasteiger partial charge in [-0.15, -0.1) is 10.2 Å². The maximum Gasteiger partial charge on any atom is 0.301 e. The summed E-state index contributed by atoms with van der Waals surface area (Å²) in [5.74, 6) is -1.47. The highest BCUT2D eigenvalue weighted by molar-refractivity contribution is 8.00. The Morgan fingerprint density at radius 1 is 0.956 bits per heavy atom. The van der Waals surface area contributed by atoms with Crippen molar-refractivity contribution in [2.45, 2.75) is 29.7 Å². The largest absolute Gasteiger partial charge is 0.507 e. The Kier molecular flexibility index (Phi) is 8.97. The molecule has 7 nitrogen and oxygen atoms in total. The summed E-state index contributed by atoms with van der Waals surface area (Å²) in [6, 6.07) is 26.7. The average molecular weight is 658 g/mol. The lowest BCUT2D eigenvalue weighted by atomic mass is 9.95. The molecule has 4 aromatic carbocycles. The molecule has 226 valence electrons. The maximum absolute atomic E-state index is 14.1. The number of aromatic nitrogens is 2. The number of benzene rings is 4. The lowest BCUT2D eigenvalue weighted by molar-refractivity contribution is -0.132. The molecule has 1 saturated heterocycles. The van der Waals surface area contributed by atoms with Crippen LogP contribution in [-0.2, 0) is 21.9 Å². The van der Waals surface area contributed by atoms with E-state index in [1.54, 1.807) is 66.7 Å².